The van der Waals surface area contributed by atoms with Crippen LogP contribution in [0.25, 0.3) is 11.0 Å². The van der Waals surface area contributed by atoms with E-state index in [2.05, 4.69) is 37.4 Å². The van der Waals surface area contributed by atoms with E-state index in [1.807, 2.05) is 6.20 Å². The summed E-state index contributed by atoms with van der Waals surface area (Å²) in [6, 6.07) is 0.377. The van der Waals surface area contributed by atoms with E-state index in [1.54, 1.807) is 0 Å². The first kappa shape index (κ1) is 12.4. The van der Waals surface area contributed by atoms with Gasteiger partial charge in [-0.1, -0.05) is 18.5 Å². The number of aliphatic hydroxyl groups is 1. The number of aliphatic hydroxyl groups excluding tert-OH is 1. The van der Waals surface area contributed by atoms with Gasteiger partial charge in [0.1, 0.15) is 17.1 Å². The highest BCUT2D eigenvalue weighted by Crippen LogP contribution is 2.49. The molecule has 1 fully saturated rings. The van der Waals surface area contributed by atoms with Gasteiger partial charge in [-0.25, -0.2) is 9.97 Å². The van der Waals surface area contributed by atoms with Crippen molar-refractivity contribution in [3.63, 3.8) is 0 Å². The molecule has 6 heteroatoms. The van der Waals surface area contributed by atoms with Crippen LogP contribution >= 0.6 is 27.5 Å². The van der Waals surface area contributed by atoms with Crippen molar-refractivity contribution >= 4 is 38.6 Å². The quantitative estimate of drug-likeness (QED) is 0.860. The molecule has 0 aromatic carbocycles. The van der Waals surface area contributed by atoms with E-state index >= 15 is 0 Å². The lowest BCUT2D eigenvalue weighted by molar-refractivity contribution is 0.0192. The Hall–Kier alpha value is -0.650. The van der Waals surface area contributed by atoms with Crippen LogP contribution in [-0.4, -0.2) is 26.2 Å². The van der Waals surface area contributed by atoms with Gasteiger partial charge >= 0.3 is 0 Å². The largest absolute Gasteiger partial charge is 0.396 e. The number of halogens is 2. The lowest BCUT2D eigenvalue weighted by Crippen LogP contribution is -2.38. The number of hydrogen-bond donors (Lipinski definition) is 1. The number of rotatable bonds is 2. The van der Waals surface area contributed by atoms with Crippen LogP contribution in [-0.2, 0) is 0 Å². The fraction of sp³-hybridized carbons (Fsp3) is 0.500. The van der Waals surface area contributed by atoms with Crippen LogP contribution in [0, 0.1) is 5.41 Å². The van der Waals surface area contributed by atoms with Gasteiger partial charge in [-0.3, -0.25) is 0 Å². The fourth-order valence-corrected chi connectivity index (χ4v) is 3.62. The Morgan fingerprint density at radius 1 is 1.56 bits per heavy atom. The molecule has 0 aliphatic heterocycles. The highest BCUT2D eigenvalue weighted by atomic mass is 79.9. The van der Waals surface area contributed by atoms with Crippen molar-refractivity contribution in [2.24, 2.45) is 5.41 Å². The van der Waals surface area contributed by atoms with E-state index in [1.165, 1.54) is 6.33 Å². The molecular formula is C12H13BrClN3O. The molecule has 0 amide bonds. The maximum absolute atomic E-state index is 9.31. The highest BCUT2D eigenvalue weighted by Gasteiger charge is 2.41. The van der Waals surface area contributed by atoms with Gasteiger partial charge in [-0.15, -0.1) is 0 Å². The Balaban J connectivity index is 2.02. The average Bonchev–Trinajstić information content (AvgIpc) is 2.64. The van der Waals surface area contributed by atoms with Crippen LogP contribution in [0.2, 0.25) is 5.15 Å². The van der Waals surface area contributed by atoms with Gasteiger partial charge in [0.2, 0.25) is 0 Å². The standard InChI is InChI=1S/C12H13BrClN3O/c1-12(5-18)2-7(3-12)17-4-8(13)9-10(14)15-6-16-11(9)17/h4,6-7,18H,2-3,5H2,1H3. The van der Waals surface area contributed by atoms with Crippen LogP contribution in [0.3, 0.4) is 0 Å². The Morgan fingerprint density at radius 2 is 2.28 bits per heavy atom. The van der Waals surface area contributed by atoms with Crippen molar-refractivity contribution in [1.29, 1.82) is 0 Å². The summed E-state index contributed by atoms with van der Waals surface area (Å²) in [6.45, 7) is 2.34. The molecule has 96 valence electrons. The van der Waals surface area contributed by atoms with Crippen molar-refractivity contribution in [1.82, 2.24) is 14.5 Å². The van der Waals surface area contributed by atoms with Gasteiger partial charge in [-0.2, -0.15) is 0 Å². The van der Waals surface area contributed by atoms with Crippen LogP contribution in [0.4, 0.5) is 0 Å². The van der Waals surface area contributed by atoms with Crippen molar-refractivity contribution in [2.75, 3.05) is 6.61 Å². The number of fused-ring (bicyclic) bond motifs is 1. The third-order valence-electron chi connectivity index (χ3n) is 3.75. The second kappa shape index (κ2) is 4.18. The van der Waals surface area contributed by atoms with Gasteiger partial charge in [0.05, 0.1) is 5.39 Å². The summed E-state index contributed by atoms with van der Waals surface area (Å²) < 4.78 is 3.05. The second-order valence-corrected chi connectivity index (χ2v) is 6.49. The second-order valence-electron chi connectivity index (χ2n) is 5.28. The Kier molecular flexibility index (Phi) is 2.88. The van der Waals surface area contributed by atoms with Gasteiger partial charge in [-0.05, 0) is 34.2 Å². The molecule has 1 aliphatic carbocycles. The van der Waals surface area contributed by atoms with Crippen LogP contribution in [0.15, 0.2) is 17.0 Å². The normalized spacial score (nSPS) is 27.4. The smallest absolute Gasteiger partial charge is 0.146 e. The van der Waals surface area contributed by atoms with Crippen molar-refractivity contribution in [3.8, 4) is 0 Å². The summed E-state index contributed by atoms with van der Waals surface area (Å²) in [5.41, 5.74) is 0.900. The topological polar surface area (TPSA) is 50.9 Å². The SMILES string of the molecule is CC1(CO)CC(n2cc(Br)c3c(Cl)ncnc32)C1. The molecule has 2 heterocycles. The van der Waals surface area contributed by atoms with Gasteiger partial charge < -0.3 is 9.67 Å². The van der Waals surface area contributed by atoms with Gasteiger partial charge in [0.25, 0.3) is 0 Å². The molecule has 1 N–H and O–H groups in total. The number of aromatic nitrogens is 3. The Bertz CT molecular complexity index is 607. The van der Waals surface area contributed by atoms with E-state index in [0.717, 1.165) is 28.3 Å². The van der Waals surface area contributed by atoms with Crippen molar-refractivity contribution < 1.29 is 5.11 Å². The third kappa shape index (κ3) is 1.76. The summed E-state index contributed by atoms with van der Waals surface area (Å²) in [4.78, 5) is 8.31. The molecule has 3 rings (SSSR count). The predicted molar refractivity (Wildman–Crippen MR) is 73.7 cm³/mol. The maximum Gasteiger partial charge on any atom is 0.146 e. The minimum atomic E-state index is 0.0462. The molecule has 4 nitrogen and oxygen atoms in total. The summed E-state index contributed by atoms with van der Waals surface area (Å²) in [7, 11) is 0. The molecule has 0 unspecified atom stereocenters. The van der Waals surface area contributed by atoms with E-state index < -0.39 is 0 Å². The fourth-order valence-electron chi connectivity index (χ4n) is 2.69. The molecular weight excluding hydrogens is 318 g/mol. The number of nitrogens with zero attached hydrogens (tertiary/aromatic N) is 3. The van der Waals surface area contributed by atoms with Gasteiger partial charge in [0.15, 0.2) is 0 Å². The van der Waals surface area contributed by atoms with Crippen molar-refractivity contribution in [2.45, 2.75) is 25.8 Å². The maximum atomic E-state index is 9.31. The monoisotopic (exact) mass is 329 g/mol. The summed E-state index contributed by atoms with van der Waals surface area (Å²) in [5, 5.41) is 10.6. The molecule has 0 saturated heterocycles. The lowest BCUT2D eigenvalue weighted by atomic mass is 9.67. The first-order valence-electron chi connectivity index (χ1n) is 5.81. The number of hydrogen-bond acceptors (Lipinski definition) is 3. The molecule has 18 heavy (non-hydrogen) atoms. The lowest BCUT2D eigenvalue weighted by Gasteiger charge is -2.44. The predicted octanol–water partition coefficient (Wildman–Crippen LogP) is 3.18. The summed E-state index contributed by atoms with van der Waals surface area (Å²) in [5.74, 6) is 0. The average molecular weight is 331 g/mol. The zero-order chi connectivity index (χ0) is 12.9. The first-order chi connectivity index (χ1) is 8.54. The molecule has 1 saturated carbocycles. The van der Waals surface area contributed by atoms with Gasteiger partial charge in [0, 0.05) is 23.3 Å². The van der Waals surface area contributed by atoms with E-state index in [0.29, 0.717) is 11.2 Å². The molecule has 2 aromatic heterocycles. The molecule has 0 spiro atoms. The molecule has 1 aliphatic rings. The third-order valence-corrected chi connectivity index (χ3v) is 4.64. The van der Waals surface area contributed by atoms with E-state index in [9.17, 15) is 5.11 Å². The Morgan fingerprint density at radius 3 is 2.94 bits per heavy atom. The van der Waals surface area contributed by atoms with Crippen molar-refractivity contribution in [3.05, 3.63) is 22.1 Å². The first-order valence-corrected chi connectivity index (χ1v) is 6.98. The van der Waals surface area contributed by atoms with Crippen LogP contribution in [0.1, 0.15) is 25.8 Å². The van der Waals surface area contributed by atoms with Crippen LogP contribution in [0.5, 0.6) is 0 Å². The minimum Gasteiger partial charge on any atom is -0.396 e. The minimum absolute atomic E-state index is 0.0462. The Labute approximate surface area is 118 Å². The summed E-state index contributed by atoms with van der Waals surface area (Å²) >= 11 is 9.59. The zero-order valence-electron chi connectivity index (χ0n) is 9.90. The molecule has 0 bridgehead atoms. The zero-order valence-corrected chi connectivity index (χ0v) is 12.2. The molecule has 0 atom stereocenters. The summed E-state index contributed by atoms with van der Waals surface area (Å²) in [6.07, 6.45) is 5.41. The molecule has 0 radical (unpaired) electrons. The van der Waals surface area contributed by atoms with E-state index in [-0.39, 0.29) is 12.0 Å². The van der Waals surface area contributed by atoms with Crippen LogP contribution < -0.4 is 0 Å². The highest BCUT2D eigenvalue weighted by molar-refractivity contribution is 9.10. The van der Waals surface area contributed by atoms with E-state index in [4.69, 9.17) is 11.6 Å². The molecule has 2 aromatic rings.